The van der Waals surface area contributed by atoms with Gasteiger partial charge in [0.25, 0.3) is 0 Å². The summed E-state index contributed by atoms with van der Waals surface area (Å²) in [4.78, 5) is 5.32. The zero-order valence-corrected chi connectivity index (χ0v) is 13.6. The van der Waals surface area contributed by atoms with Gasteiger partial charge in [0.1, 0.15) is 0 Å². The van der Waals surface area contributed by atoms with Crippen molar-refractivity contribution in [3.8, 4) is 0 Å². The predicted molar refractivity (Wildman–Crippen MR) is 85.2 cm³/mol. The number of nitrogens with zero attached hydrogens (tertiary/aromatic N) is 2. The smallest absolute Gasteiger partial charge is 0.0235 e. The van der Waals surface area contributed by atoms with Gasteiger partial charge in [-0.1, -0.05) is 13.8 Å². The highest BCUT2D eigenvalue weighted by Gasteiger charge is 2.26. The maximum Gasteiger partial charge on any atom is 0.0235 e. The third-order valence-electron chi connectivity index (χ3n) is 4.83. The van der Waals surface area contributed by atoms with E-state index in [1.54, 1.807) is 0 Å². The van der Waals surface area contributed by atoms with E-state index in [0.29, 0.717) is 0 Å². The third-order valence-corrected chi connectivity index (χ3v) is 4.83. The molecule has 2 fully saturated rings. The Kier molecular flexibility index (Phi) is 8.31. The molecule has 0 aromatic carbocycles. The van der Waals surface area contributed by atoms with E-state index in [0.717, 1.165) is 12.0 Å². The number of halogens is 1. The van der Waals surface area contributed by atoms with Crippen molar-refractivity contribution in [2.24, 2.45) is 5.92 Å². The van der Waals surface area contributed by atoms with Crippen LogP contribution in [-0.2, 0) is 0 Å². The highest BCUT2D eigenvalue weighted by molar-refractivity contribution is 5.85. The monoisotopic (exact) mass is 289 g/mol. The van der Waals surface area contributed by atoms with Crippen molar-refractivity contribution in [3.63, 3.8) is 0 Å². The van der Waals surface area contributed by atoms with Crippen LogP contribution in [-0.4, -0.2) is 61.7 Å². The number of rotatable bonds is 6. The zero-order valence-electron chi connectivity index (χ0n) is 12.7. The van der Waals surface area contributed by atoms with Crippen molar-refractivity contribution < 1.29 is 0 Å². The van der Waals surface area contributed by atoms with Crippen LogP contribution < -0.4 is 5.32 Å². The van der Waals surface area contributed by atoms with Gasteiger partial charge in [-0.15, -0.1) is 12.4 Å². The molecule has 2 saturated heterocycles. The Morgan fingerprint density at radius 3 is 2.63 bits per heavy atom. The fourth-order valence-corrected chi connectivity index (χ4v) is 3.59. The minimum atomic E-state index is 0. The molecule has 0 aromatic heterocycles. The first kappa shape index (κ1) is 17.2. The molecule has 2 atom stereocenters. The molecule has 0 spiro atoms. The molecule has 19 heavy (non-hydrogen) atoms. The number of hydrogen-bond donors (Lipinski definition) is 1. The first-order chi connectivity index (χ1) is 8.83. The molecule has 2 aliphatic rings. The molecule has 0 aliphatic carbocycles. The molecule has 4 heteroatoms. The Balaban J connectivity index is 0.00000180. The van der Waals surface area contributed by atoms with Crippen molar-refractivity contribution >= 4 is 12.4 Å². The van der Waals surface area contributed by atoms with Crippen molar-refractivity contribution in [2.75, 3.05) is 45.8 Å². The van der Waals surface area contributed by atoms with Crippen LogP contribution in [0.1, 0.15) is 39.5 Å². The van der Waals surface area contributed by atoms with E-state index in [1.165, 1.54) is 71.5 Å². The lowest BCUT2D eigenvalue weighted by molar-refractivity contribution is 0.204. The molecule has 3 nitrogen and oxygen atoms in total. The number of likely N-dealkylation sites (tertiary alicyclic amines) is 1. The average Bonchev–Trinajstić information content (AvgIpc) is 2.88. The van der Waals surface area contributed by atoms with E-state index < -0.39 is 0 Å². The van der Waals surface area contributed by atoms with E-state index in [2.05, 4.69) is 29.0 Å². The molecule has 0 radical (unpaired) electrons. The standard InChI is InChI=1S/C15H31N3.ClH/c1-3-18(4-2)15-8-11-17(13-15)10-7-14-6-5-9-16-12-14;/h14-16H,3-13H2,1-2H3;1H. The van der Waals surface area contributed by atoms with Gasteiger partial charge in [-0.05, 0) is 70.9 Å². The average molecular weight is 290 g/mol. The Hall–Kier alpha value is 0.170. The molecular formula is C15H32ClN3. The Labute approximate surface area is 125 Å². The molecule has 2 aliphatic heterocycles. The maximum absolute atomic E-state index is 3.53. The lowest BCUT2D eigenvalue weighted by Crippen LogP contribution is -2.38. The lowest BCUT2D eigenvalue weighted by atomic mass is 9.96. The second-order valence-electron chi connectivity index (χ2n) is 5.97. The van der Waals surface area contributed by atoms with Gasteiger partial charge in [-0.25, -0.2) is 0 Å². The van der Waals surface area contributed by atoms with Gasteiger partial charge < -0.3 is 10.2 Å². The summed E-state index contributed by atoms with van der Waals surface area (Å²) in [5.41, 5.74) is 0. The van der Waals surface area contributed by atoms with Crippen LogP contribution in [0.15, 0.2) is 0 Å². The quantitative estimate of drug-likeness (QED) is 0.809. The first-order valence-corrected chi connectivity index (χ1v) is 8.00. The normalized spacial score (nSPS) is 28.6. The Morgan fingerprint density at radius 2 is 2.00 bits per heavy atom. The van der Waals surface area contributed by atoms with E-state index in [4.69, 9.17) is 0 Å². The van der Waals surface area contributed by atoms with Gasteiger partial charge in [-0.3, -0.25) is 4.90 Å². The van der Waals surface area contributed by atoms with Crippen LogP contribution in [0, 0.1) is 5.92 Å². The van der Waals surface area contributed by atoms with Crippen molar-refractivity contribution in [1.82, 2.24) is 15.1 Å². The first-order valence-electron chi connectivity index (χ1n) is 8.00. The van der Waals surface area contributed by atoms with Crippen LogP contribution in [0.3, 0.4) is 0 Å². The second kappa shape index (κ2) is 9.17. The zero-order chi connectivity index (χ0) is 12.8. The lowest BCUT2D eigenvalue weighted by Gasteiger charge is -2.27. The summed E-state index contributed by atoms with van der Waals surface area (Å²) in [5.74, 6) is 0.936. The summed E-state index contributed by atoms with van der Waals surface area (Å²) in [7, 11) is 0. The summed E-state index contributed by atoms with van der Waals surface area (Å²) in [6, 6.07) is 0.824. The molecule has 0 amide bonds. The van der Waals surface area contributed by atoms with Crippen LogP contribution in [0.25, 0.3) is 0 Å². The van der Waals surface area contributed by atoms with E-state index in [-0.39, 0.29) is 12.4 Å². The van der Waals surface area contributed by atoms with Crippen LogP contribution in [0.5, 0.6) is 0 Å². The largest absolute Gasteiger partial charge is 0.316 e. The SMILES string of the molecule is CCN(CC)C1CCN(CCC2CCCNC2)C1.Cl. The third kappa shape index (κ3) is 5.22. The number of piperidine rings is 1. The summed E-state index contributed by atoms with van der Waals surface area (Å²) in [5, 5.41) is 3.53. The molecule has 0 aromatic rings. The topological polar surface area (TPSA) is 18.5 Å². The van der Waals surface area contributed by atoms with Crippen LogP contribution in [0.4, 0.5) is 0 Å². The van der Waals surface area contributed by atoms with Gasteiger partial charge in [0, 0.05) is 12.6 Å². The van der Waals surface area contributed by atoms with E-state index >= 15 is 0 Å². The number of likely N-dealkylation sites (N-methyl/N-ethyl adjacent to an activating group) is 1. The molecule has 0 saturated carbocycles. The van der Waals surface area contributed by atoms with Crippen molar-refractivity contribution in [3.05, 3.63) is 0 Å². The summed E-state index contributed by atoms with van der Waals surface area (Å²) >= 11 is 0. The molecule has 2 rings (SSSR count). The fraction of sp³-hybridized carbons (Fsp3) is 1.00. The number of nitrogens with one attached hydrogen (secondary N) is 1. The minimum Gasteiger partial charge on any atom is -0.316 e. The minimum absolute atomic E-state index is 0. The Morgan fingerprint density at radius 1 is 1.21 bits per heavy atom. The van der Waals surface area contributed by atoms with E-state index in [9.17, 15) is 0 Å². The van der Waals surface area contributed by atoms with Gasteiger partial charge in [0.15, 0.2) is 0 Å². The molecule has 2 heterocycles. The van der Waals surface area contributed by atoms with Crippen LogP contribution >= 0.6 is 12.4 Å². The molecule has 1 N–H and O–H groups in total. The fourth-order valence-electron chi connectivity index (χ4n) is 3.59. The van der Waals surface area contributed by atoms with Gasteiger partial charge in [0.05, 0.1) is 0 Å². The summed E-state index contributed by atoms with van der Waals surface area (Å²) in [6.45, 7) is 13.5. The summed E-state index contributed by atoms with van der Waals surface area (Å²) in [6.07, 6.45) is 5.61. The molecule has 0 bridgehead atoms. The molecule has 2 unspecified atom stereocenters. The summed E-state index contributed by atoms with van der Waals surface area (Å²) < 4.78 is 0. The molecular weight excluding hydrogens is 258 g/mol. The highest BCUT2D eigenvalue weighted by Crippen LogP contribution is 2.19. The Bertz CT molecular complexity index is 227. The van der Waals surface area contributed by atoms with Gasteiger partial charge >= 0.3 is 0 Å². The van der Waals surface area contributed by atoms with E-state index in [1.807, 2.05) is 0 Å². The predicted octanol–water partition coefficient (Wildman–Crippen LogP) is 2.21. The highest BCUT2D eigenvalue weighted by atomic mass is 35.5. The second-order valence-corrected chi connectivity index (χ2v) is 5.97. The van der Waals surface area contributed by atoms with Gasteiger partial charge in [0.2, 0.25) is 0 Å². The van der Waals surface area contributed by atoms with Crippen molar-refractivity contribution in [2.45, 2.75) is 45.6 Å². The molecule has 114 valence electrons. The van der Waals surface area contributed by atoms with Crippen LogP contribution in [0.2, 0.25) is 0 Å². The van der Waals surface area contributed by atoms with Crippen molar-refractivity contribution in [1.29, 1.82) is 0 Å². The van der Waals surface area contributed by atoms with Gasteiger partial charge in [-0.2, -0.15) is 0 Å². The number of hydrogen-bond acceptors (Lipinski definition) is 3. The maximum atomic E-state index is 3.53.